The van der Waals surface area contributed by atoms with E-state index >= 15 is 0 Å². The number of aromatic nitrogens is 1. The molecule has 5 rings (SSSR count). The van der Waals surface area contributed by atoms with E-state index in [1.807, 2.05) is 30.3 Å². The van der Waals surface area contributed by atoms with Crippen LogP contribution in [0.5, 0.6) is 5.75 Å². The molecular weight excluding hydrogens is 545 g/mol. The van der Waals surface area contributed by atoms with Crippen molar-refractivity contribution in [3.63, 3.8) is 0 Å². The topological polar surface area (TPSA) is 87.5 Å². The summed E-state index contributed by atoms with van der Waals surface area (Å²) in [4.78, 5) is 19.0. The first-order valence-electron chi connectivity index (χ1n) is 14.0. The monoisotopic (exact) mass is 578 g/mol. The number of nitrogens with zero attached hydrogens (tertiary/aromatic N) is 3. The van der Waals surface area contributed by atoms with Gasteiger partial charge < -0.3 is 19.7 Å². The van der Waals surface area contributed by atoms with Crippen molar-refractivity contribution in [3.05, 3.63) is 95.3 Å². The van der Waals surface area contributed by atoms with Gasteiger partial charge in [0.05, 0.1) is 0 Å². The molecule has 0 radical (unpaired) electrons. The molecule has 10 heteroatoms. The van der Waals surface area contributed by atoms with Crippen molar-refractivity contribution in [3.8, 4) is 11.8 Å². The normalized spacial score (nSPS) is 20.0. The molecule has 2 aromatic carbocycles. The maximum atomic E-state index is 14.6. The molecule has 1 N–H and O–H groups in total. The number of amides is 1. The zero-order valence-corrected chi connectivity index (χ0v) is 23.4. The van der Waals surface area contributed by atoms with Crippen LogP contribution in [-0.4, -0.2) is 55.3 Å². The molecule has 7 nitrogen and oxygen atoms in total. The molecule has 2 fully saturated rings. The highest BCUT2D eigenvalue weighted by Crippen LogP contribution is 2.51. The van der Waals surface area contributed by atoms with Crippen LogP contribution in [0.4, 0.5) is 13.2 Å². The van der Waals surface area contributed by atoms with E-state index in [4.69, 9.17) is 14.7 Å². The van der Waals surface area contributed by atoms with E-state index in [0.29, 0.717) is 25.1 Å². The molecule has 0 bridgehead atoms. The van der Waals surface area contributed by atoms with Crippen LogP contribution in [0.15, 0.2) is 72.9 Å². The predicted octanol–water partition coefficient (Wildman–Crippen LogP) is 5.32. The fraction of sp³-hybridized carbons (Fsp3) is 0.406. The van der Waals surface area contributed by atoms with E-state index in [9.17, 15) is 18.0 Å². The fourth-order valence-electron chi connectivity index (χ4n) is 6.48. The van der Waals surface area contributed by atoms with Crippen LogP contribution in [0.25, 0.3) is 0 Å². The Morgan fingerprint density at radius 2 is 1.81 bits per heavy atom. The minimum atomic E-state index is -4.94. The number of likely N-dealkylation sites (tertiary alicyclic amines) is 1. The quantitative estimate of drug-likeness (QED) is 0.408. The molecule has 0 aliphatic carbocycles. The average molecular weight is 579 g/mol. The van der Waals surface area contributed by atoms with Gasteiger partial charge >= 0.3 is 6.18 Å². The van der Waals surface area contributed by atoms with E-state index in [-0.39, 0.29) is 36.6 Å². The Kier molecular flexibility index (Phi) is 8.53. The number of nitriles is 1. The minimum Gasteiger partial charge on any atom is -0.489 e. The molecule has 1 unspecified atom stereocenters. The number of carbonyl (C=O) groups is 1. The highest BCUT2D eigenvalue weighted by atomic mass is 19.4. The number of piperidine rings is 2. The molecule has 1 aromatic heterocycles. The summed E-state index contributed by atoms with van der Waals surface area (Å²) in [6.07, 6.45) is -1.42. The maximum Gasteiger partial charge on any atom is 0.430 e. The Bertz CT molecular complexity index is 1430. The van der Waals surface area contributed by atoms with Crippen LogP contribution in [0.1, 0.15) is 47.6 Å². The van der Waals surface area contributed by atoms with Gasteiger partial charge in [0.1, 0.15) is 24.1 Å². The highest BCUT2D eigenvalue weighted by molar-refractivity contribution is 5.88. The Morgan fingerprint density at radius 1 is 1.10 bits per heavy atom. The zero-order valence-electron chi connectivity index (χ0n) is 23.4. The molecule has 0 saturated carbocycles. The standard InChI is InChI=1S/C32H33F3N4O3/c1-41-31(32(33,34)35,24-7-3-2-4-8-24)29(40)39-17-13-30(14-18-39)12-16-37-21-27(30)26-9-5-6-10-28(26)42-22-23-11-15-38-25(19-23)20-36/h2-11,15,19,27,37H,12-14,16-18,21-22H2,1H3/t27?,31-/m1/s1. The first kappa shape index (κ1) is 29.5. The van der Waals surface area contributed by atoms with Gasteiger partial charge in [-0.15, -0.1) is 0 Å². The number of nitrogens with one attached hydrogen (secondary N) is 1. The first-order chi connectivity index (χ1) is 20.2. The van der Waals surface area contributed by atoms with Gasteiger partial charge in [-0.05, 0) is 60.5 Å². The molecule has 2 aliphatic rings. The minimum absolute atomic E-state index is 0.0377. The van der Waals surface area contributed by atoms with Crippen molar-refractivity contribution in [1.82, 2.24) is 15.2 Å². The van der Waals surface area contributed by atoms with Crippen LogP contribution >= 0.6 is 0 Å². The van der Waals surface area contributed by atoms with Crippen molar-refractivity contribution in [2.45, 2.75) is 43.6 Å². The third kappa shape index (κ3) is 5.46. The van der Waals surface area contributed by atoms with Gasteiger partial charge in [-0.1, -0.05) is 48.5 Å². The Morgan fingerprint density at radius 3 is 2.50 bits per heavy atom. The average Bonchev–Trinajstić information content (AvgIpc) is 3.01. The number of carbonyl (C=O) groups excluding carboxylic acids is 1. The number of para-hydroxylation sites is 1. The van der Waals surface area contributed by atoms with Crippen LogP contribution in [-0.2, 0) is 21.7 Å². The first-order valence-corrected chi connectivity index (χ1v) is 14.0. The maximum absolute atomic E-state index is 14.6. The third-order valence-corrected chi connectivity index (χ3v) is 8.75. The van der Waals surface area contributed by atoms with Crippen molar-refractivity contribution < 1.29 is 27.4 Å². The van der Waals surface area contributed by atoms with Gasteiger partial charge in [0.15, 0.2) is 0 Å². The number of methoxy groups -OCH3 is 1. The van der Waals surface area contributed by atoms with Gasteiger partial charge in [-0.25, -0.2) is 4.98 Å². The number of rotatable bonds is 7. The zero-order chi connectivity index (χ0) is 29.8. The summed E-state index contributed by atoms with van der Waals surface area (Å²) in [6, 6.07) is 20.5. The van der Waals surface area contributed by atoms with E-state index in [1.165, 1.54) is 29.2 Å². The van der Waals surface area contributed by atoms with E-state index in [2.05, 4.69) is 10.3 Å². The molecule has 2 atom stereocenters. The number of halogens is 3. The molecule has 2 saturated heterocycles. The van der Waals surface area contributed by atoms with Crippen molar-refractivity contribution in [1.29, 1.82) is 5.26 Å². The third-order valence-electron chi connectivity index (χ3n) is 8.75. The lowest BCUT2D eigenvalue weighted by Gasteiger charge is -2.51. The second-order valence-corrected chi connectivity index (χ2v) is 10.9. The molecule has 3 heterocycles. The lowest BCUT2D eigenvalue weighted by atomic mass is 9.62. The van der Waals surface area contributed by atoms with Crippen LogP contribution < -0.4 is 10.1 Å². The van der Waals surface area contributed by atoms with Crippen molar-refractivity contribution >= 4 is 5.91 Å². The summed E-state index contributed by atoms with van der Waals surface area (Å²) in [7, 11) is 0.941. The number of hydrogen-bond donors (Lipinski definition) is 1. The number of ether oxygens (including phenoxy) is 2. The van der Waals surface area contributed by atoms with Crippen molar-refractivity contribution in [2.75, 3.05) is 33.3 Å². The van der Waals surface area contributed by atoms with Gasteiger partial charge in [0.25, 0.3) is 11.5 Å². The van der Waals surface area contributed by atoms with Crippen molar-refractivity contribution in [2.24, 2.45) is 5.41 Å². The van der Waals surface area contributed by atoms with Gasteiger partial charge in [0, 0.05) is 44.4 Å². The SMILES string of the molecule is CO[C@@](C(=O)N1CCC2(CCNCC2c2ccccc2OCc2ccnc(C#N)c2)CC1)(c1ccccc1)C(F)(F)F. The summed E-state index contributed by atoms with van der Waals surface area (Å²) < 4.78 is 55.0. The van der Waals surface area contributed by atoms with Gasteiger partial charge in [0.2, 0.25) is 0 Å². The highest BCUT2D eigenvalue weighted by Gasteiger charge is 2.64. The molecule has 1 spiro atoms. The number of benzene rings is 2. The smallest absolute Gasteiger partial charge is 0.430 e. The van der Waals surface area contributed by atoms with Gasteiger partial charge in [-0.2, -0.15) is 18.4 Å². The van der Waals surface area contributed by atoms with E-state index in [0.717, 1.165) is 37.0 Å². The summed E-state index contributed by atoms with van der Waals surface area (Å²) in [5.74, 6) is -0.323. The summed E-state index contributed by atoms with van der Waals surface area (Å²) in [5.41, 5.74) is -1.35. The molecule has 2 aliphatic heterocycles. The Labute approximate surface area is 243 Å². The largest absolute Gasteiger partial charge is 0.489 e. The molecule has 1 amide bonds. The Balaban J connectivity index is 1.37. The second kappa shape index (κ2) is 12.1. The number of hydrogen-bond acceptors (Lipinski definition) is 6. The van der Waals surface area contributed by atoms with E-state index in [1.54, 1.807) is 24.4 Å². The molecule has 3 aromatic rings. The van der Waals surface area contributed by atoms with Crippen LogP contribution in [0.3, 0.4) is 0 Å². The summed E-state index contributed by atoms with van der Waals surface area (Å²) in [5, 5.41) is 12.6. The lowest BCUT2D eigenvalue weighted by Crippen LogP contribution is -2.59. The predicted molar refractivity (Wildman–Crippen MR) is 149 cm³/mol. The van der Waals surface area contributed by atoms with E-state index < -0.39 is 17.7 Å². The lowest BCUT2D eigenvalue weighted by molar-refractivity contribution is -0.271. The fourth-order valence-corrected chi connectivity index (χ4v) is 6.48. The molecular formula is C32H33F3N4O3. The summed E-state index contributed by atoms with van der Waals surface area (Å²) >= 11 is 0. The molecule has 42 heavy (non-hydrogen) atoms. The van der Waals surface area contributed by atoms with Crippen LogP contribution in [0, 0.1) is 16.7 Å². The van der Waals surface area contributed by atoms with Crippen LogP contribution in [0.2, 0.25) is 0 Å². The Hall–Kier alpha value is -3.94. The number of alkyl halides is 3. The second-order valence-electron chi connectivity index (χ2n) is 10.9. The van der Waals surface area contributed by atoms with Gasteiger partial charge in [-0.3, -0.25) is 4.79 Å². The number of pyridine rings is 1. The summed E-state index contributed by atoms with van der Waals surface area (Å²) in [6.45, 7) is 2.13. The molecule has 220 valence electrons.